The Hall–Kier alpha value is -1.31. The summed E-state index contributed by atoms with van der Waals surface area (Å²) in [5, 5.41) is 0. The molecule has 0 aromatic heterocycles. The van der Waals surface area contributed by atoms with Crippen molar-refractivity contribution < 1.29 is 4.79 Å². The van der Waals surface area contributed by atoms with Crippen LogP contribution in [0.1, 0.15) is 49.4 Å². The highest BCUT2D eigenvalue weighted by Gasteiger charge is 2.27. The summed E-state index contributed by atoms with van der Waals surface area (Å²) in [6.07, 6.45) is 5.88. The second-order valence-corrected chi connectivity index (χ2v) is 5.95. The zero-order valence-electron chi connectivity index (χ0n) is 12.4. The first kappa shape index (κ1) is 14.1. The van der Waals surface area contributed by atoms with E-state index in [1.807, 2.05) is 43.3 Å². The van der Waals surface area contributed by atoms with Gasteiger partial charge in [-0.3, -0.25) is 4.79 Å². The van der Waals surface area contributed by atoms with Crippen molar-refractivity contribution in [3.63, 3.8) is 0 Å². The third kappa shape index (κ3) is 3.37. The number of hydrogen-bond donors (Lipinski definition) is 0. The molecule has 1 saturated carbocycles. The Bertz CT molecular complexity index is 439. The lowest BCUT2D eigenvalue weighted by molar-refractivity contribution is 0.0862. The summed E-state index contributed by atoms with van der Waals surface area (Å²) in [4.78, 5) is 14.7. The fourth-order valence-electron chi connectivity index (χ4n) is 3.07. The molecule has 1 aromatic rings. The van der Waals surface area contributed by atoms with Crippen LogP contribution in [-0.4, -0.2) is 19.9 Å². The van der Waals surface area contributed by atoms with Gasteiger partial charge in [-0.1, -0.05) is 38.3 Å². The molecule has 2 atom stereocenters. The van der Waals surface area contributed by atoms with Crippen LogP contribution in [0.3, 0.4) is 0 Å². The lowest BCUT2D eigenvalue weighted by Gasteiger charge is -2.27. The standard InChI is InChI=1S/C17H25NO/c1-4-13-7-5-8-14(11-13)17(19)15-9-6-10-16(12-15)18(2)3/h6,9-10,12-14H,4-5,7-8,11H2,1-3H3. The third-order valence-corrected chi connectivity index (χ3v) is 4.38. The van der Waals surface area contributed by atoms with Gasteiger partial charge in [-0.2, -0.15) is 0 Å². The van der Waals surface area contributed by atoms with Crippen molar-refractivity contribution in [2.24, 2.45) is 11.8 Å². The van der Waals surface area contributed by atoms with Crippen LogP contribution in [0.25, 0.3) is 0 Å². The van der Waals surface area contributed by atoms with E-state index >= 15 is 0 Å². The highest BCUT2D eigenvalue weighted by molar-refractivity contribution is 5.98. The van der Waals surface area contributed by atoms with Crippen LogP contribution in [0.5, 0.6) is 0 Å². The van der Waals surface area contributed by atoms with Gasteiger partial charge in [0.15, 0.2) is 5.78 Å². The van der Waals surface area contributed by atoms with E-state index in [1.165, 1.54) is 19.3 Å². The minimum atomic E-state index is 0.246. The van der Waals surface area contributed by atoms with E-state index in [9.17, 15) is 4.79 Å². The van der Waals surface area contributed by atoms with Crippen LogP contribution in [-0.2, 0) is 0 Å². The average Bonchev–Trinajstić information content (AvgIpc) is 2.46. The van der Waals surface area contributed by atoms with E-state index in [0.29, 0.717) is 5.78 Å². The SMILES string of the molecule is CCC1CCCC(C(=O)c2cccc(N(C)C)c2)C1. The molecule has 1 fully saturated rings. The quantitative estimate of drug-likeness (QED) is 0.757. The van der Waals surface area contributed by atoms with Gasteiger partial charge in [-0.15, -0.1) is 0 Å². The Balaban J connectivity index is 2.12. The maximum absolute atomic E-state index is 12.6. The molecule has 0 N–H and O–H groups in total. The highest BCUT2D eigenvalue weighted by Crippen LogP contribution is 2.33. The van der Waals surface area contributed by atoms with Gasteiger partial charge >= 0.3 is 0 Å². The minimum Gasteiger partial charge on any atom is -0.378 e. The largest absolute Gasteiger partial charge is 0.378 e. The molecule has 2 heteroatoms. The van der Waals surface area contributed by atoms with E-state index in [2.05, 4.69) is 6.92 Å². The number of carbonyl (C=O) groups excluding carboxylic acids is 1. The topological polar surface area (TPSA) is 20.3 Å². The van der Waals surface area contributed by atoms with Crippen molar-refractivity contribution in [3.8, 4) is 0 Å². The third-order valence-electron chi connectivity index (χ3n) is 4.38. The summed E-state index contributed by atoms with van der Waals surface area (Å²) in [7, 11) is 4.02. The minimum absolute atomic E-state index is 0.246. The molecule has 1 aliphatic rings. The Labute approximate surface area is 116 Å². The van der Waals surface area contributed by atoms with Crippen LogP contribution < -0.4 is 4.90 Å². The summed E-state index contributed by atoms with van der Waals surface area (Å²) in [5.41, 5.74) is 1.99. The van der Waals surface area contributed by atoms with Crippen molar-refractivity contribution in [3.05, 3.63) is 29.8 Å². The Kier molecular flexibility index (Phi) is 4.62. The molecule has 1 aliphatic carbocycles. The monoisotopic (exact) mass is 259 g/mol. The molecule has 2 nitrogen and oxygen atoms in total. The van der Waals surface area contributed by atoms with Gasteiger partial charge in [0, 0.05) is 31.3 Å². The number of Topliss-reactive ketones (excluding diaryl/α,β-unsaturated/α-hetero) is 1. The predicted molar refractivity (Wildman–Crippen MR) is 80.8 cm³/mol. The zero-order valence-corrected chi connectivity index (χ0v) is 12.4. The van der Waals surface area contributed by atoms with Crippen LogP contribution in [0, 0.1) is 11.8 Å². The van der Waals surface area contributed by atoms with Crippen LogP contribution in [0.2, 0.25) is 0 Å². The number of nitrogens with zero attached hydrogens (tertiary/aromatic N) is 1. The Morgan fingerprint density at radius 2 is 2.11 bits per heavy atom. The first-order valence-electron chi connectivity index (χ1n) is 7.43. The fraction of sp³-hybridized carbons (Fsp3) is 0.588. The molecule has 0 radical (unpaired) electrons. The normalized spacial score (nSPS) is 23.1. The fourth-order valence-corrected chi connectivity index (χ4v) is 3.07. The summed E-state index contributed by atoms with van der Waals surface area (Å²) in [6.45, 7) is 2.24. The van der Waals surface area contributed by atoms with Gasteiger partial charge in [0.2, 0.25) is 0 Å². The number of carbonyl (C=O) groups is 1. The second kappa shape index (κ2) is 6.23. The smallest absolute Gasteiger partial charge is 0.166 e. The van der Waals surface area contributed by atoms with Gasteiger partial charge in [0.1, 0.15) is 0 Å². The molecule has 0 saturated heterocycles. The zero-order chi connectivity index (χ0) is 13.8. The molecule has 1 aromatic carbocycles. The number of benzene rings is 1. The first-order chi connectivity index (χ1) is 9.11. The van der Waals surface area contributed by atoms with Gasteiger partial charge in [0.25, 0.3) is 0 Å². The second-order valence-electron chi connectivity index (χ2n) is 5.95. The molecular weight excluding hydrogens is 234 g/mol. The summed E-state index contributed by atoms with van der Waals surface area (Å²) in [5.74, 6) is 1.35. The van der Waals surface area contributed by atoms with Crippen molar-refractivity contribution >= 4 is 11.5 Å². The van der Waals surface area contributed by atoms with Crippen molar-refractivity contribution in [1.82, 2.24) is 0 Å². The Morgan fingerprint density at radius 3 is 2.79 bits per heavy atom. The van der Waals surface area contributed by atoms with Crippen molar-refractivity contribution in [2.45, 2.75) is 39.0 Å². The number of hydrogen-bond acceptors (Lipinski definition) is 2. The van der Waals surface area contributed by atoms with Gasteiger partial charge in [-0.05, 0) is 30.9 Å². The van der Waals surface area contributed by atoms with Gasteiger partial charge in [0.05, 0.1) is 0 Å². The molecule has 0 aliphatic heterocycles. The summed E-state index contributed by atoms with van der Waals surface area (Å²) < 4.78 is 0. The molecule has 104 valence electrons. The molecular formula is C17H25NO. The predicted octanol–water partition coefficient (Wildman–Crippen LogP) is 4.15. The van der Waals surface area contributed by atoms with E-state index < -0.39 is 0 Å². The Morgan fingerprint density at radius 1 is 1.32 bits per heavy atom. The van der Waals surface area contributed by atoms with E-state index in [-0.39, 0.29) is 5.92 Å². The first-order valence-corrected chi connectivity index (χ1v) is 7.43. The number of rotatable bonds is 4. The lowest BCUT2D eigenvalue weighted by atomic mass is 9.77. The van der Waals surface area contributed by atoms with Crippen molar-refractivity contribution in [2.75, 3.05) is 19.0 Å². The lowest BCUT2D eigenvalue weighted by Crippen LogP contribution is -2.23. The van der Waals surface area contributed by atoms with Gasteiger partial charge < -0.3 is 4.90 Å². The summed E-state index contributed by atoms with van der Waals surface area (Å²) >= 11 is 0. The molecule has 0 amide bonds. The van der Waals surface area contributed by atoms with Crippen LogP contribution in [0.15, 0.2) is 24.3 Å². The van der Waals surface area contributed by atoms with E-state index in [1.54, 1.807) is 0 Å². The number of ketones is 1. The molecule has 0 spiro atoms. The summed E-state index contributed by atoms with van der Waals surface area (Å²) in [6, 6.07) is 8.03. The van der Waals surface area contributed by atoms with E-state index in [0.717, 1.165) is 30.0 Å². The van der Waals surface area contributed by atoms with Crippen molar-refractivity contribution in [1.29, 1.82) is 0 Å². The molecule has 0 heterocycles. The average molecular weight is 259 g/mol. The van der Waals surface area contributed by atoms with Gasteiger partial charge in [-0.25, -0.2) is 0 Å². The molecule has 0 bridgehead atoms. The highest BCUT2D eigenvalue weighted by atomic mass is 16.1. The molecule has 19 heavy (non-hydrogen) atoms. The van der Waals surface area contributed by atoms with E-state index in [4.69, 9.17) is 0 Å². The van der Waals surface area contributed by atoms with Crippen LogP contribution in [0.4, 0.5) is 5.69 Å². The maximum atomic E-state index is 12.6. The molecule has 2 unspecified atom stereocenters. The molecule has 2 rings (SSSR count). The maximum Gasteiger partial charge on any atom is 0.166 e. The number of anilines is 1. The van der Waals surface area contributed by atoms with Crippen LogP contribution >= 0.6 is 0 Å².